The van der Waals surface area contributed by atoms with Crippen molar-refractivity contribution < 1.29 is 37.2 Å². The van der Waals surface area contributed by atoms with E-state index in [1.807, 2.05) is 24.8 Å². The minimum Gasteiger partial charge on any atom is -0.400 e. The van der Waals surface area contributed by atoms with Gasteiger partial charge in [-0.1, -0.05) is 91.8 Å². The average Bonchev–Trinajstić information content (AvgIpc) is 4.04. The zero-order valence-electron chi connectivity index (χ0n) is 32.9. The van der Waals surface area contributed by atoms with Crippen molar-refractivity contribution in [3.05, 3.63) is 106 Å². The second-order valence-corrected chi connectivity index (χ2v) is 19.8. The first-order chi connectivity index (χ1) is 26.7. The fourth-order valence-corrected chi connectivity index (χ4v) is 12.1. The summed E-state index contributed by atoms with van der Waals surface area (Å²) in [6, 6.07) is 13.5. The first-order valence-corrected chi connectivity index (χ1v) is 20.2. The first kappa shape index (κ1) is 33.6. The smallest absolute Gasteiger partial charge is 0.400 e. The summed E-state index contributed by atoms with van der Waals surface area (Å²) >= 11 is 0. The molecule has 0 saturated carbocycles. The van der Waals surface area contributed by atoms with Crippen LogP contribution in [-0.4, -0.2) is 62.9 Å². The van der Waals surface area contributed by atoms with E-state index in [-0.39, 0.29) is 70.5 Å². The molecular weight excluding hydrogens is 704 g/mol. The van der Waals surface area contributed by atoms with Crippen LogP contribution in [0.5, 0.6) is 0 Å². The van der Waals surface area contributed by atoms with Gasteiger partial charge in [0.1, 0.15) is 0 Å². The summed E-state index contributed by atoms with van der Waals surface area (Å²) in [5.41, 5.74) is 11.7. The molecular formula is C42H42B4N2O8. The summed E-state index contributed by atoms with van der Waals surface area (Å²) in [5, 5.41) is 0. The third kappa shape index (κ3) is 4.01. The molecule has 19 heterocycles. The molecule has 280 valence electrons. The van der Waals surface area contributed by atoms with Crippen LogP contribution in [0.15, 0.2) is 61.2 Å². The third-order valence-corrected chi connectivity index (χ3v) is 15.2. The van der Waals surface area contributed by atoms with Gasteiger partial charge in [0.05, 0.1) is 48.8 Å². The fraction of sp³-hybridized carbons (Fsp3) is 0.476. The number of nitrogens with zero attached hydrogens (tertiary/aromatic N) is 2. The minimum atomic E-state index is -0.577. The Morgan fingerprint density at radius 3 is 0.821 bits per heavy atom. The molecule has 2 aromatic heterocycles. The average molecular weight is 746 g/mol. The van der Waals surface area contributed by atoms with E-state index < -0.39 is 28.5 Å². The van der Waals surface area contributed by atoms with Crippen LogP contribution in [0.2, 0.25) is 0 Å². The molecule has 24 bridgehead atoms. The van der Waals surface area contributed by atoms with Crippen LogP contribution < -0.4 is 21.9 Å². The molecule has 8 unspecified atom stereocenters. The van der Waals surface area contributed by atoms with E-state index in [0.29, 0.717) is 0 Å². The van der Waals surface area contributed by atoms with Crippen molar-refractivity contribution in [3.8, 4) is 0 Å². The molecule has 0 spiro atoms. The lowest BCUT2D eigenvalue weighted by Crippen LogP contribution is -2.43. The van der Waals surface area contributed by atoms with Crippen LogP contribution in [0.3, 0.4) is 0 Å². The van der Waals surface area contributed by atoms with E-state index in [2.05, 4.69) is 102 Å². The largest absolute Gasteiger partial charge is 0.496 e. The zero-order chi connectivity index (χ0) is 38.0. The molecule has 4 aliphatic carbocycles. The van der Waals surface area contributed by atoms with Gasteiger partial charge in [-0.3, -0.25) is 9.97 Å². The molecule has 56 heavy (non-hydrogen) atoms. The maximum Gasteiger partial charge on any atom is 0.496 e. The zero-order valence-corrected chi connectivity index (χ0v) is 32.9. The van der Waals surface area contributed by atoms with Gasteiger partial charge < -0.3 is 37.2 Å². The lowest BCUT2D eigenvalue weighted by molar-refractivity contribution is 0.113. The molecule has 17 aliphatic heterocycles. The molecule has 25 rings (SSSR count). The summed E-state index contributed by atoms with van der Waals surface area (Å²) in [6.07, 6.45) is 5.75. The Hall–Kier alpha value is -3.32. The molecule has 0 N–H and O–H groups in total. The molecule has 4 aromatic rings. The van der Waals surface area contributed by atoms with Gasteiger partial charge in [-0.2, -0.15) is 0 Å². The van der Waals surface area contributed by atoms with E-state index in [0.717, 1.165) is 21.9 Å². The van der Waals surface area contributed by atoms with Crippen LogP contribution in [0, 0.1) is 0 Å². The fourth-order valence-electron chi connectivity index (χ4n) is 12.1. The number of benzene rings is 2. The first-order valence-electron chi connectivity index (χ1n) is 20.2. The van der Waals surface area contributed by atoms with Crippen molar-refractivity contribution in [2.75, 3.05) is 0 Å². The van der Waals surface area contributed by atoms with Crippen LogP contribution in [0.1, 0.15) is 124 Å². The Morgan fingerprint density at radius 2 is 0.589 bits per heavy atom. The Morgan fingerprint density at radius 1 is 0.357 bits per heavy atom. The summed E-state index contributed by atoms with van der Waals surface area (Å²) in [6.45, 7) is 18.1. The predicted molar refractivity (Wildman–Crippen MR) is 210 cm³/mol. The summed E-state index contributed by atoms with van der Waals surface area (Å²) < 4.78 is 54.9. The van der Waals surface area contributed by atoms with E-state index in [1.165, 1.54) is 44.5 Å². The second kappa shape index (κ2) is 10.5. The maximum absolute atomic E-state index is 6.87. The highest BCUT2D eigenvalue weighted by atomic mass is 16.7. The van der Waals surface area contributed by atoms with Crippen molar-refractivity contribution >= 4 is 50.3 Å². The van der Waals surface area contributed by atoms with Gasteiger partial charge in [-0.15, -0.1) is 0 Å². The molecule has 0 amide bonds. The molecule has 4 fully saturated rings. The van der Waals surface area contributed by atoms with Crippen molar-refractivity contribution in [2.24, 2.45) is 0 Å². The van der Waals surface area contributed by atoms with Crippen molar-refractivity contribution in [1.82, 2.24) is 9.97 Å². The molecule has 21 aliphatic rings. The Bertz CT molecular complexity index is 2120. The predicted octanol–water partition coefficient (Wildman–Crippen LogP) is 3.36. The van der Waals surface area contributed by atoms with Gasteiger partial charge in [-0.05, 0) is 44.5 Å². The monoisotopic (exact) mass is 746 g/mol. The van der Waals surface area contributed by atoms with Gasteiger partial charge in [-0.25, -0.2) is 0 Å². The number of hydrogen-bond acceptors (Lipinski definition) is 10. The SMILES string of the molecule is CC1(C)c2cc3c4cc2C2OB(OC21)c1cncc(c1)B1OC2c5cc6c(cc5C(C)(C)C2O1)C1OB(OC1C6(C)C)c1cncc(c1)B1OC3C(O1)C4(C)C. The quantitative estimate of drug-likeness (QED) is 0.250. The van der Waals surface area contributed by atoms with E-state index in [1.54, 1.807) is 0 Å². The third-order valence-electron chi connectivity index (χ3n) is 15.2. The lowest BCUT2D eigenvalue weighted by atomic mass is 9.72. The minimum absolute atomic E-state index is 0.176. The number of rotatable bonds is 0. The van der Waals surface area contributed by atoms with Crippen LogP contribution in [0.4, 0.5) is 0 Å². The normalized spacial score (nSPS) is 34.3. The molecule has 0 radical (unpaired) electrons. The lowest BCUT2D eigenvalue weighted by Gasteiger charge is -2.28. The molecule has 4 saturated heterocycles. The topological polar surface area (TPSA) is 99.6 Å². The van der Waals surface area contributed by atoms with Gasteiger partial charge in [0, 0.05) is 68.3 Å². The maximum atomic E-state index is 6.87. The standard InChI is InChI=1S/C42H42B4N2O8/c1-39(2)27-11-24-28-12-23(27)31-35(39)53-43(49-31)19-9-20(16-47-15-19)45-51-33-25-13-30-26(14-29(25)41(5,6)37(33)55-45)34-38(42(30,7)8)56-46(52-34)22-10-21(17-48-18-22)44-50-32(24)36(54-44)40(28,3)4/h9-18,31-38H,1-8H3. The van der Waals surface area contributed by atoms with Gasteiger partial charge >= 0.3 is 28.5 Å². The number of aromatic nitrogens is 2. The van der Waals surface area contributed by atoms with Crippen LogP contribution >= 0.6 is 0 Å². The van der Waals surface area contributed by atoms with E-state index in [9.17, 15) is 0 Å². The Kier molecular flexibility index (Phi) is 6.28. The molecule has 10 nitrogen and oxygen atoms in total. The van der Waals surface area contributed by atoms with Crippen molar-refractivity contribution in [3.63, 3.8) is 0 Å². The second-order valence-electron chi connectivity index (χ2n) is 19.8. The highest BCUT2D eigenvalue weighted by molar-refractivity contribution is 6.66. The van der Waals surface area contributed by atoms with Crippen LogP contribution in [-0.2, 0) is 58.9 Å². The van der Waals surface area contributed by atoms with E-state index >= 15 is 0 Å². The van der Waals surface area contributed by atoms with Crippen molar-refractivity contribution in [1.29, 1.82) is 0 Å². The highest BCUT2D eigenvalue weighted by Gasteiger charge is 2.62. The Labute approximate surface area is 328 Å². The van der Waals surface area contributed by atoms with Gasteiger partial charge in [0.25, 0.3) is 0 Å². The molecule has 14 heteroatoms. The summed E-state index contributed by atoms with van der Waals surface area (Å²) in [4.78, 5) is 9.35. The van der Waals surface area contributed by atoms with Crippen molar-refractivity contribution in [2.45, 2.75) is 126 Å². The van der Waals surface area contributed by atoms with Gasteiger partial charge in [0.15, 0.2) is 0 Å². The van der Waals surface area contributed by atoms with E-state index in [4.69, 9.17) is 37.2 Å². The summed E-state index contributed by atoms with van der Waals surface area (Å²) in [5.74, 6) is 0. The highest BCUT2D eigenvalue weighted by Crippen LogP contribution is 2.60. The number of pyridine rings is 2. The Balaban J connectivity index is 0.954. The summed E-state index contributed by atoms with van der Waals surface area (Å²) in [7, 11) is -2.31. The number of hydrogen-bond donors (Lipinski definition) is 0. The van der Waals surface area contributed by atoms with Crippen LogP contribution in [0.25, 0.3) is 0 Å². The van der Waals surface area contributed by atoms with Gasteiger partial charge in [0.2, 0.25) is 0 Å². The molecule has 8 atom stereocenters. The molecule has 2 aromatic carbocycles.